The van der Waals surface area contributed by atoms with Crippen molar-refractivity contribution >= 4 is 34.9 Å². The molecule has 0 saturated heterocycles. The summed E-state index contributed by atoms with van der Waals surface area (Å²) in [5.74, 6) is -2.22. The van der Waals surface area contributed by atoms with Gasteiger partial charge in [0.15, 0.2) is 6.61 Å². The molecular weight excluding hydrogens is 393 g/mol. The van der Waals surface area contributed by atoms with Crippen LogP contribution in [0.4, 0.5) is 24.5 Å². The molecule has 0 aromatic heterocycles. The summed E-state index contributed by atoms with van der Waals surface area (Å²) in [6.45, 7) is -0.940. The molecule has 0 aliphatic heterocycles. The molecule has 0 spiro atoms. The minimum Gasteiger partial charge on any atom is -0.452 e. The number of benzene rings is 2. The zero-order chi connectivity index (χ0) is 20.2. The fourth-order valence-electron chi connectivity index (χ4n) is 2.06. The Balaban J connectivity index is 2.08. The lowest BCUT2D eigenvalue weighted by atomic mass is 10.1. The lowest BCUT2D eigenvalue weighted by Crippen LogP contribution is -2.23. The van der Waals surface area contributed by atoms with Crippen LogP contribution in [0.25, 0.3) is 0 Å². The number of nitro benzene ring substituents is 1. The smallest absolute Gasteiger partial charge is 0.418 e. The number of nitrogens with zero attached hydrogens (tertiary/aromatic N) is 1. The molecule has 0 radical (unpaired) electrons. The first-order valence-electron chi connectivity index (χ1n) is 7.16. The van der Waals surface area contributed by atoms with E-state index in [0.717, 1.165) is 24.3 Å². The molecule has 0 unspecified atom stereocenters. The van der Waals surface area contributed by atoms with Crippen LogP contribution in [0.15, 0.2) is 42.5 Å². The van der Waals surface area contributed by atoms with Crippen molar-refractivity contribution in [2.24, 2.45) is 0 Å². The van der Waals surface area contributed by atoms with Gasteiger partial charge in [0, 0.05) is 11.1 Å². The number of nitrogens with one attached hydrogen (secondary N) is 1. The number of hydrogen-bond donors (Lipinski definition) is 1. The van der Waals surface area contributed by atoms with Gasteiger partial charge in [-0.1, -0.05) is 23.7 Å². The first-order chi connectivity index (χ1) is 12.6. The number of esters is 1. The Labute approximate surface area is 154 Å². The average molecular weight is 403 g/mol. The summed E-state index contributed by atoms with van der Waals surface area (Å²) >= 11 is 5.53. The van der Waals surface area contributed by atoms with Crippen LogP contribution in [0.2, 0.25) is 5.02 Å². The largest absolute Gasteiger partial charge is 0.452 e. The second-order valence-electron chi connectivity index (χ2n) is 5.09. The van der Waals surface area contributed by atoms with Crippen LogP contribution >= 0.6 is 11.6 Å². The third-order valence-electron chi connectivity index (χ3n) is 3.22. The van der Waals surface area contributed by atoms with Crippen LogP contribution in [-0.4, -0.2) is 23.4 Å². The normalized spacial score (nSPS) is 11.0. The molecule has 11 heteroatoms. The second kappa shape index (κ2) is 8.04. The molecular formula is C16H10ClF3N2O5. The van der Waals surface area contributed by atoms with Crippen molar-refractivity contribution in [1.29, 1.82) is 0 Å². The molecule has 2 rings (SSSR count). The molecule has 142 valence electrons. The standard InChI is InChI=1S/C16H10ClF3N2O5/c17-9-5-6-12(11(7-9)16(18,19)20)21-14(23)8-27-15(24)10-3-1-2-4-13(10)22(25)26/h1-7H,8H2,(H,21,23). The lowest BCUT2D eigenvalue weighted by Gasteiger charge is -2.14. The summed E-state index contributed by atoms with van der Waals surface area (Å²) in [6, 6.07) is 7.61. The van der Waals surface area contributed by atoms with Gasteiger partial charge in [-0.25, -0.2) is 4.79 Å². The first-order valence-corrected chi connectivity index (χ1v) is 7.54. The minimum atomic E-state index is -4.77. The van der Waals surface area contributed by atoms with Gasteiger partial charge in [-0.3, -0.25) is 14.9 Å². The molecule has 1 N–H and O–H groups in total. The third kappa shape index (κ3) is 5.17. The van der Waals surface area contributed by atoms with Crippen LogP contribution in [0.5, 0.6) is 0 Å². The maximum Gasteiger partial charge on any atom is 0.418 e. The monoisotopic (exact) mass is 402 g/mol. The molecule has 0 saturated carbocycles. The number of halogens is 4. The number of hydrogen-bond acceptors (Lipinski definition) is 5. The topological polar surface area (TPSA) is 98.5 Å². The summed E-state index contributed by atoms with van der Waals surface area (Å²) < 4.78 is 43.6. The van der Waals surface area contributed by atoms with E-state index in [1.807, 2.05) is 5.32 Å². The van der Waals surface area contributed by atoms with Crippen LogP contribution in [0.1, 0.15) is 15.9 Å². The van der Waals surface area contributed by atoms with E-state index in [2.05, 4.69) is 4.74 Å². The zero-order valence-corrected chi connectivity index (χ0v) is 14.0. The predicted molar refractivity (Wildman–Crippen MR) is 88.5 cm³/mol. The lowest BCUT2D eigenvalue weighted by molar-refractivity contribution is -0.385. The van der Waals surface area contributed by atoms with Gasteiger partial charge in [0.25, 0.3) is 11.6 Å². The van der Waals surface area contributed by atoms with E-state index >= 15 is 0 Å². The van der Waals surface area contributed by atoms with E-state index in [4.69, 9.17) is 11.6 Å². The van der Waals surface area contributed by atoms with E-state index < -0.39 is 52.1 Å². The number of ether oxygens (including phenoxy) is 1. The molecule has 2 aromatic rings. The molecule has 27 heavy (non-hydrogen) atoms. The minimum absolute atomic E-state index is 0.178. The maximum absolute atomic E-state index is 13.0. The fraction of sp³-hybridized carbons (Fsp3) is 0.125. The summed E-state index contributed by atoms with van der Waals surface area (Å²) in [4.78, 5) is 33.8. The van der Waals surface area contributed by atoms with Gasteiger partial charge < -0.3 is 10.1 Å². The fourth-order valence-corrected chi connectivity index (χ4v) is 2.23. The maximum atomic E-state index is 13.0. The van der Waals surface area contributed by atoms with Crippen molar-refractivity contribution in [2.45, 2.75) is 6.18 Å². The van der Waals surface area contributed by atoms with Crippen molar-refractivity contribution in [1.82, 2.24) is 0 Å². The first kappa shape index (κ1) is 20.2. The van der Waals surface area contributed by atoms with Crippen LogP contribution in [0.3, 0.4) is 0 Å². The molecule has 1 amide bonds. The zero-order valence-electron chi connectivity index (χ0n) is 13.2. The van der Waals surface area contributed by atoms with Crippen molar-refractivity contribution < 1.29 is 32.4 Å². The van der Waals surface area contributed by atoms with E-state index in [0.29, 0.717) is 6.07 Å². The Hall–Kier alpha value is -3.14. The van der Waals surface area contributed by atoms with Gasteiger partial charge in [-0.2, -0.15) is 13.2 Å². The number of nitro groups is 1. The van der Waals surface area contributed by atoms with E-state index in [-0.39, 0.29) is 5.02 Å². The molecule has 0 fully saturated rings. The third-order valence-corrected chi connectivity index (χ3v) is 3.45. The summed E-state index contributed by atoms with van der Waals surface area (Å²) in [5.41, 5.74) is -2.66. The second-order valence-corrected chi connectivity index (χ2v) is 5.52. The Morgan fingerprint density at radius 1 is 1.19 bits per heavy atom. The average Bonchev–Trinajstić information content (AvgIpc) is 2.60. The Bertz CT molecular complexity index is 902. The number of carbonyl (C=O) groups excluding carboxylic acids is 2. The molecule has 0 atom stereocenters. The van der Waals surface area contributed by atoms with Crippen LogP contribution < -0.4 is 5.32 Å². The summed E-state index contributed by atoms with van der Waals surface area (Å²) in [6.07, 6.45) is -4.77. The molecule has 0 bridgehead atoms. The molecule has 0 aliphatic rings. The molecule has 0 heterocycles. The molecule has 2 aromatic carbocycles. The highest BCUT2D eigenvalue weighted by atomic mass is 35.5. The SMILES string of the molecule is O=C(COC(=O)c1ccccc1[N+](=O)[O-])Nc1ccc(Cl)cc1C(F)(F)F. The molecule has 7 nitrogen and oxygen atoms in total. The summed E-state index contributed by atoms with van der Waals surface area (Å²) in [5, 5.41) is 12.6. The number of anilines is 1. The number of rotatable bonds is 5. The highest BCUT2D eigenvalue weighted by Gasteiger charge is 2.34. The van der Waals surface area contributed by atoms with Crippen molar-refractivity contribution in [3.63, 3.8) is 0 Å². The number of amides is 1. The Morgan fingerprint density at radius 3 is 2.48 bits per heavy atom. The van der Waals surface area contributed by atoms with E-state index in [1.165, 1.54) is 12.1 Å². The van der Waals surface area contributed by atoms with E-state index in [9.17, 15) is 32.9 Å². The van der Waals surface area contributed by atoms with Crippen molar-refractivity contribution in [2.75, 3.05) is 11.9 Å². The molecule has 0 aliphatic carbocycles. The Morgan fingerprint density at radius 2 is 1.85 bits per heavy atom. The predicted octanol–water partition coefficient (Wildman–Crippen LogP) is 4.06. The Kier molecular flexibility index (Phi) is 6.01. The quantitative estimate of drug-likeness (QED) is 0.462. The number of alkyl halides is 3. The van der Waals surface area contributed by atoms with Gasteiger partial charge in [0.2, 0.25) is 0 Å². The van der Waals surface area contributed by atoms with Crippen LogP contribution in [-0.2, 0) is 15.7 Å². The van der Waals surface area contributed by atoms with Crippen molar-refractivity contribution in [3.8, 4) is 0 Å². The number of para-hydroxylation sites is 1. The summed E-state index contributed by atoms with van der Waals surface area (Å²) in [7, 11) is 0. The van der Waals surface area contributed by atoms with Gasteiger partial charge in [-0.15, -0.1) is 0 Å². The van der Waals surface area contributed by atoms with E-state index in [1.54, 1.807) is 0 Å². The van der Waals surface area contributed by atoms with Crippen molar-refractivity contribution in [3.05, 3.63) is 68.7 Å². The van der Waals surface area contributed by atoms with Gasteiger partial charge in [-0.05, 0) is 24.3 Å². The van der Waals surface area contributed by atoms with Crippen LogP contribution in [0, 0.1) is 10.1 Å². The highest BCUT2D eigenvalue weighted by molar-refractivity contribution is 6.30. The highest BCUT2D eigenvalue weighted by Crippen LogP contribution is 2.36. The van der Waals surface area contributed by atoms with Gasteiger partial charge in [0.05, 0.1) is 16.2 Å². The van der Waals surface area contributed by atoms with Gasteiger partial charge in [0.1, 0.15) is 5.56 Å². The van der Waals surface area contributed by atoms with Gasteiger partial charge >= 0.3 is 12.1 Å². The number of carbonyl (C=O) groups is 2.